The summed E-state index contributed by atoms with van der Waals surface area (Å²) in [6.45, 7) is 6.74. The summed E-state index contributed by atoms with van der Waals surface area (Å²) in [7, 11) is 0. The first-order chi connectivity index (χ1) is 6.42. The Kier molecular flexibility index (Phi) is 3.71. The largest absolute Gasteiger partial charge is 0.396 e. The van der Waals surface area contributed by atoms with Crippen LogP contribution >= 0.6 is 0 Å². The minimum atomic E-state index is -0.0731. The van der Waals surface area contributed by atoms with Gasteiger partial charge in [0.25, 0.3) is 0 Å². The second-order valence-corrected chi connectivity index (χ2v) is 5.75. The molecule has 1 aliphatic carbocycles. The summed E-state index contributed by atoms with van der Waals surface area (Å²) < 4.78 is 0. The molecule has 2 unspecified atom stereocenters. The fourth-order valence-electron chi connectivity index (χ4n) is 2.43. The zero-order chi connectivity index (χ0) is 10.8. The van der Waals surface area contributed by atoms with Crippen LogP contribution in [0, 0.1) is 17.3 Å². The fourth-order valence-corrected chi connectivity index (χ4v) is 2.43. The quantitative estimate of drug-likeness (QED) is 0.739. The van der Waals surface area contributed by atoms with Crippen molar-refractivity contribution in [3.63, 3.8) is 0 Å². The van der Waals surface area contributed by atoms with Gasteiger partial charge in [0.1, 0.15) is 5.78 Å². The Morgan fingerprint density at radius 3 is 2.57 bits per heavy atom. The first-order valence-electron chi connectivity index (χ1n) is 5.56. The van der Waals surface area contributed by atoms with Crippen LogP contribution in [-0.2, 0) is 4.79 Å². The van der Waals surface area contributed by atoms with Gasteiger partial charge in [-0.1, -0.05) is 20.8 Å². The molecule has 0 aromatic heterocycles. The number of aliphatic hydroxyl groups is 1. The highest BCUT2D eigenvalue weighted by molar-refractivity contribution is 5.81. The third-order valence-corrected chi connectivity index (χ3v) is 2.99. The molecule has 1 saturated carbocycles. The predicted octanol–water partition coefficient (Wildman–Crippen LogP) is 2.40. The average molecular weight is 198 g/mol. The lowest BCUT2D eigenvalue weighted by Gasteiger charge is -2.31. The van der Waals surface area contributed by atoms with Crippen LogP contribution in [0.1, 0.15) is 46.5 Å². The van der Waals surface area contributed by atoms with E-state index < -0.39 is 0 Å². The van der Waals surface area contributed by atoms with Crippen LogP contribution in [0.5, 0.6) is 0 Å². The topological polar surface area (TPSA) is 37.3 Å². The number of hydrogen-bond acceptors (Lipinski definition) is 2. The summed E-state index contributed by atoms with van der Waals surface area (Å²) in [5.41, 5.74) is 0.338. The van der Waals surface area contributed by atoms with Gasteiger partial charge < -0.3 is 5.11 Å². The van der Waals surface area contributed by atoms with Gasteiger partial charge in [-0.25, -0.2) is 0 Å². The number of Topliss-reactive ketones (excluding diaryl/α,β-unsaturated/α-hetero) is 1. The van der Waals surface area contributed by atoms with E-state index in [-0.39, 0.29) is 18.3 Å². The van der Waals surface area contributed by atoms with E-state index in [1.165, 1.54) is 0 Å². The van der Waals surface area contributed by atoms with Crippen LogP contribution in [0.15, 0.2) is 0 Å². The maximum atomic E-state index is 11.4. The van der Waals surface area contributed by atoms with Crippen LogP contribution in [0.3, 0.4) is 0 Å². The number of ketones is 1. The average Bonchev–Trinajstić information content (AvgIpc) is 2.06. The second-order valence-electron chi connectivity index (χ2n) is 5.75. The molecule has 0 bridgehead atoms. The molecule has 0 saturated heterocycles. The maximum Gasteiger partial charge on any atom is 0.138 e. The summed E-state index contributed by atoms with van der Waals surface area (Å²) in [4.78, 5) is 11.4. The van der Waals surface area contributed by atoms with Crippen LogP contribution in [-0.4, -0.2) is 17.5 Å². The van der Waals surface area contributed by atoms with Crippen molar-refractivity contribution in [1.29, 1.82) is 0 Å². The van der Waals surface area contributed by atoms with Crippen molar-refractivity contribution in [2.75, 3.05) is 6.61 Å². The molecule has 14 heavy (non-hydrogen) atoms. The van der Waals surface area contributed by atoms with Crippen molar-refractivity contribution in [1.82, 2.24) is 0 Å². The minimum Gasteiger partial charge on any atom is -0.396 e. The molecule has 1 N–H and O–H groups in total. The van der Waals surface area contributed by atoms with Gasteiger partial charge >= 0.3 is 0 Å². The molecule has 1 rings (SSSR count). The molecule has 0 spiro atoms. The van der Waals surface area contributed by atoms with Crippen LogP contribution in [0.2, 0.25) is 0 Å². The number of aliphatic hydroxyl groups excluding tert-OH is 1. The predicted molar refractivity (Wildman–Crippen MR) is 57.0 cm³/mol. The van der Waals surface area contributed by atoms with Crippen molar-refractivity contribution in [2.45, 2.75) is 46.5 Å². The third-order valence-electron chi connectivity index (χ3n) is 2.99. The highest BCUT2D eigenvalue weighted by Crippen LogP contribution is 2.35. The van der Waals surface area contributed by atoms with Crippen molar-refractivity contribution >= 4 is 5.78 Å². The molecule has 1 aliphatic rings. The van der Waals surface area contributed by atoms with Gasteiger partial charge in [-0.05, 0) is 30.6 Å². The van der Waals surface area contributed by atoms with Crippen molar-refractivity contribution < 1.29 is 9.90 Å². The van der Waals surface area contributed by atoms with E-state index in [9.17, 15) is 4.79 Å². The highest BCUT2D eigenvalue weighted by Gasteiger charge is 2.30. The van der Waals surface area contributed by atoms with Gasteiger partial charge in [0, 0.05) is 12.3 Å². The van der Waals surface area contributed by atoms with Gasteiger partial charge in [0.2, 0.25) is 0 Å². The minimum absolute atomic E-state index is 0.0411. The zero-order valence-electron chi connectivity index (χ0n) is 9.55. The lowest BCUT2D eigenvalue weighted by atomic mass is 9.74. The Hall–Kier alpha value is -0.370. The monoisotopic (exact) mass is 198 g/mol. The van der Waals surface area contributed by atoms with E-state index in [2.05, 4.69) is 20.8 Å². The Morgan fingerprint density at radius 2 is 2.07 bits per heavy atom. The van der Waals surface area contributed by atoms with E-state index in [1.807, 2.05) is 0 Å². The normalized spacial score (nSPS) is 29.3. The molecule has 0 radical (unpaired) electrons. The number of carbonyl (C=O) groups excluding carboxylic acids is 1. The van der Waals surface area contributed by atoms with Gasteiger partial charge in [-0.3, -0.25) is 4.79 Å². The molecule has 0 aromatic carbocycles. The molecular weight excluding hydrogens is 176 g/mol. The second kappa shape index (κ2) is 4.43. The molecule has 0 heterocycles. The zero-order valence-corrected chi connectivity index (χ0v) is 9.55. The Balaban J connectivity index is 2.47. The first-order valence-corrected chi connectivity index (χ1v) is 5.56. The molecular formula is C12H22O2. The van der Waals surface area contributed by atoms with E-state index in [0.717, 1.165) is 19.3 Å². The molecule has 2 heteroatoms. The molecule has 0 aliphatic heterocycles. The summed E-state index contributed by atoms with van der Waals surface area (Å²) in [5, 5.41) is 9.06. The molecule has 0 aromatic rings. The SMILES string of the molecule is CC(C)(C)CC1CCC(=O)C(CO)C1. The van der Waals surface area contributed by atoms with Crippen molar-refractivity contribution in [3.05, 3.63) is 0 Å². The highest BCUT2D eigenvalue weighted by atomic mass is 16.3. The lowest BCUT2D eigenvalue weighted by Crippen LogP contribution is -2.29. The molecule has 1 fully saturated rings. The Bertz CT molecular complexity index is 203. The van der Waals surface area contributed by atoms with Crippen molar-refractivity contribution in [2.24, 2.45) is 17.3 Å². The summed E-state index contributed by atoms with van der Waals surface area (Å²) in [5.74, 6) is 0.818. The lowest BCUT2D eigenvalue weighted by molar-refractivity contribution is -0.127. The number of rotatable bonds is 2. The maximum absolute atomic E-state index is 11.4. The standard InChI is InChI=1S/C12H22O2/c1-12(2,3)7-9-4-5-11(14)10(6-9)8-13/h9-10,13H,4-8H2,1-3H3. The van der Waals surface area contributed by atoms with Crippen LogP contribution < -0.4 is 0 Å². The summed E-state index contributed by atoms with van der Waals surface area (Å²) in [6, 6.07) is 0. The molecule has 0 amide bonds. The summed E-state index contributed by atoms with van der Waals surface area (Å²) >= 11 is 0. The van der Waals surface area contributed by atoms with E-state index in [1.54, 1.807) is 0 Å². The van der Waals surface area contributed by atoms with Gasteiger partial charge in [0.05, 0.1) is 6.61 Å². The first kappa shape index (κ1) is 11.7. The Labute approximate surface area is 86.7 Å². The van der Waals surface area contributed by atoms with E-state index >= 15 is 0 Å². The molecule has 82 valence electrons. The van der Waals surface area contributed by atoms with Crippen molar-refractivity contribution in [3.8, 4) is 0 Å². The van der Waals surface area contributed by atoms with Gasteiger partial charge in [-0.15, -0.1) is 0 Å². The van der Waals surface area contributed by atoms with Gasteiger partial charge in [0.15, 0.2) is 0 Å². The van der Waals surface area contributed by atoms with Gasteiger partial charge in [-0.2, -0.15) is 0 Å². The van der Waals surface area contributed by atoms with Crippen LogP contribution in [0.4, 0.5) is 0 Å². The molecule has 2 nitrogen and oxygen atoms in total. The summed E-state index contributed by atoms with van der Waals surface area (Å²) in [6.07, 6.45) is 3.75. The number of hydrogen-bond donors (Lipinski definition) is 1. The smallest absolute Gasteiger partial charge is 0.138 e. The molecule has 2 atom stereocenters. The van der Waals surface area contributed by atoms with E-state index in [4.69, 9.17) is 5.11 Å². The van der Waals surface area contributed by atoms with Crippen LogP contribution in [0.25, 0.3) is 0 Å². The fraction of sp³-hybridized carbons (Fsp3) is 0.917. The Morgan fingerprint density at radius 1 is 1.43 bits per heavy atom. The number of carbonyl (C=O) groups is 1. The van der Waals surface area contributed by atoms with E-state index in [0.29, 0.717) is 17.8 Å². The third kappa shape index (κ3) is 3.41.